The van der Waals surface area contributed by atoms with Crippen molar-refractivity contribution < 1.29 is 28.4 Å². The molecule has 0 aromatic heterocycles. The quantitative estimate of drug-likeness (QED) is 0.435. The van der Waals surface area contributed by atoms with E-state index in [1.165, 1.54) is 0 Å². The van der Waals surface area contributed by atoms with E-state index in [1.54, 1.807) is 13.8 Å². The Balaban J connectivity index is 3.19. The molecule has 0 amide bonds. The Hall–Kier alpha value is -2.51. The van der Waals surface area contributed by atoms with Gasteiger partial charge in [-0.05, 0) is 19.9 Å². The number of benzene rings is 1. The van der Waals surface area contributed by atoms with E-state index < -0.39 is 35.0 Å². The first-order valence-corrected chi connectivity index (χ1v) is 6.66. The summed E-state index contributed by atoms with van der Waals surface area (Å²) in [5, 5.41) is 10.8. The van der Waals surface area contributed by atoms with Crippen LogP contribution in [0.3, 0.4) is 0 Å². The fraction of sp³-hybridized carbons (Fsp3) is 0.429. The molecule has 0 radical (unpaired) electrons. The minimum atomic E-state index is -1.29. The van der Waals surface area contributed by atoms with Gasteiger partial charge in [0.2, 0.25) is 0 Å². The first-order valence-electron chi connectivity index (χ1n) is 6.66. The number of esters is 2. The van der Waals surface area contributed by atoms with Crippen LogP contribution < -0.4 is 0 Å². The lowest BCUT2D eigenvalue weighted by atomic mass is 9.94. The van der Waals surface area contributed by atoms with Gasteiger partial charge >= 0.3 is 11.9 Å². The summed E-state index contributed by atoms with van der Waals surface area (Å²) in [6.07, 6.45) is -0.454. The van der Waals surface area contributed by atoms with Gasteiger partial charge in [0.15, 0.2) is 0 Å². The van der Waals surface area contributed by atoms with Gasteiger partial charge in [-0.2, -0.15) is 0 Å². The number of non-ortho nitro benzene ring substituents is 1. The average Bonchev–Trinajstić information content (AvgIpc) is 2.46. The van der Waals surface area contributed by atoms with Crippen LogP contribution in [0.2, 0.25) is 0 Å². The molecule has 0 heterocycles. The van der Waals surface area contributed by atoms with Gasteiger partial charge < -0.3 is 9.47 Å². The summed E-state index contributed by atoms with van der Waals surface area (Å²) in [5.74, 6) is -3.67. The second kappa shape index (κ2) is 8.06. The summed E-state index contributed by atoms with van der Waals surface area (Å²) in [7, 11) is 0. The van der Waals surface area contributed by atoms with Crippen LogP contribution in [0.4, 0.5) is 10.1 Å². The Kier molecular flexibility index (Phi) is 6.43. The smallest absolute Gasteiger partial charge is 0.314 e. The SMILES string of the molecule is CCOC(=O)CC(C(=O)OCC)c1cc([N+](=O)[O-])ccc1F. The Morgan fingerprint density at radius 2 is 1.91 bits per heavy atom. The molecule has 0 saturated carbocycles. The maximum absolute atomic E-state index is 13.9. The Morgan fingerprint density at radius 1 is 1.27 bits per heavy atom. The number of hydrogen-bond acceptors (Lipinski definition) is 6. The number of carbonyl (C=O) groups is 2. The van der Waals surface area contributed by atoms with Crippen molar-refractivity contribution in [2.24, 2.45) is 0 Å². The van der Waals surface area contributed by atoms with Crippen molar-refractivity contribution in [3.63, 3.8) is 0 Å². The minimum absolute atomic E-state index is 0.0364. The van der Waals surface area contributed by atoms with Crippen molar-refractivity contribution in [2.75, 3.05) is 13.2 Å². The molecule has 0 aliphatic rings. The normalized spacial score (nSPS) is 11.6. The number of hydrogen-bond donors (Lipinski definition) is 0. The Labute approximate surface area is 126 Å². The molecule has 0 N–H and O–H groups in total. The molecule has 1 atom stereocenters. The number of nitrogens with zero attached hydrogens (tertiary/aromatic N) is 1. The predicted molar refractivity (Wildman–Crippen MR) is 73.7 cm³/mol. The van der Waals surface area contributed by atoms with Crippen LogP contribution in [0.15, 0.2) is 18.2 Å². The fourth-order valence-electron chi connectivity index (χ4n) is 1.86. The molecule has 1 aromatic rings. The van der Waals surface area contributed by atoms with E-state index in [4.69, 9.17) is 9.47 Å². The second-order valence-corrected chi connectivity index (χ2v) is 4.28. The largest absolute Gasteiger partial charge is 0.466 e. The Morgan fingerprint density at radius 3 is 2.45 bits per heavy atom. The lowest BCUT2D eigenvalue weighted by molar-refractivity contribution is -0.385. The van der Waals surface area contributed by atoms with Gasteiger partial charge in [0.25, 0.3) is 5.69 Å². The molecule has 0 aliphatic heterocycles. The number of nitro groups is 1. The summed E-state index contributed by atoms with van der Waals surface area (Å²) < 4.78 is 23.5. The van der Waals surface area contributed by atoms with Crippen molar-refractivity contribution in [3.8, 4) is 0 Å². The standard InChI is InChI=1S/C14H16FNO6/c1-3-21-13(17)8-11(14(18)22-4-2)10-7-9(16(19)20)5-6-12(10)15/h5-7,11H,3-4,8H2,1-2H3. The molecule has 7 nitrogen and oxygen atoms in total. The third kappa shape index (κ3) is 4.51. The van der Waals surface area contributed by atoms with Crippen molar-refractivity contribution >= 4 is 17.6 Å². The van der Waals surface area contributed by atoms with E-state index in [1.807, 2.05) is 0 Å². The van der Waals surface area contributed by atoms with E-state index in [9.17, 15) is 24.1 Å². The average molecular weight is 313 g/mol. The van der Waals surface area contributed by atoms with Gasteiger partial charge in [-0.15, -0.1) is 0 Å². The van der Waals surface area contributed by atoms with E-state index in [2.05, 4.69) is 0 Å². The zero-order valence-corrected chi connectivity index (χ0v) is 12.2. The number of nitro benzene ring substituents is 1. The topological polar surface area (TPSA) is 95.7 Å². The van der Waals surface area contributed by atoms with E-state index in [-0.39, 0.29) is 24.5 Å². The maximum atomic E-state index is 13.9. The highest BCUT2D eigenvalue weighted by Gasteiger charge is 2.30. The van der Waals surface area contributed by atoms with E-state index >= 15 is 0 Å². The molecular formula is C14H16FNO6. The van der Waals surface area contributed by atoms with E-state index in [0.717, 1.165) is 18.2 Å². The molecule has 0 bridgehead atoms. The first kappa shape index (κ1) is 17.5. The summed E-state index contributed by atoms with van der Waals surface area (Å²) in [6.45, 7) is 3.29. The maximum Gasteiger partial charge on any atom is 0.314 e. The van der Waals surface area contributed by atoms with Crippen LogP contribution in [0.5, 0.6) is 0 Å². The molecule has 1 aromatic carbocycles. The summed E-state index contributed by atoms with van der Waals surface area (Å²) in [4.78, 5) is 33.6. The van der Waals surface area contributed by atoms with Crippen LogP contribution in [0.1, 0.15) is 31.7 Å². The van der Waals surface area contributed by atoms with Gasteiger partial charge in [0.05, 0.1) is 30.5 Å². The monoisotopic (exact) mass is 313 g/mol. The first-order chi connectivity index (χ1) is 10.4. The van der Waals surface area contributed by atoms with Crippen LogP contribution in [-0.2, 0) is 19.1 Å². The minimum Gasteiger partial charge on any atom is -0.466 e. The van der Waals surface area contributed by atoms with E-state index in [0.29, 0.717) is 0 Å². The van der Waals surface area contributed by atoms with Crippen LogP contribution in [0, 0.1) is 15.9 Å². The third-order valence-electron chi connectivity index (χ3n) is 2.81. The van der Waals surface area contributed by atoms with Crippen molar-refractivity contribution in [2.45, 2.75) is 26.2 Å². The number of halogens is 1. The summed E-state index contributed by atoms with van der Waals surface area (Å²) >= 11 is 0. The van der Waals surface area contributed by atoms with Gasteiger partial charge in [0.1, 0.15) is 5.82 Å². The van der Waals surface area contributed by atoms with Gasteiger partial charge in [-0.3, -0.25) is 19.7 Å². The zero-order chi connectivity index (χ0) is 16.7. The molecule has 1 rings (SSSR count). The van der Waals surface area contributed by atoms with Crippen molar-refractivity contribution in [3.05, 3.63) is 39.7 Å². The summed E-state index contributed by atoms with van der Waals surface area (Å²) in [6, 6.07) is 2.78. The van der Waals surface area contributed by atoms with Gasteiger partial charge in [0, 0.05) is 17.7 Å². The van der Waals surface area contributed by atoms with Gasteiger partial charge in [-0.25, -0.2) is 4.39 Å². The molecule has 8 heteroatoms. The van der Waals surface area contributed by atoms with Crippen LogP contribution in [-0.4, -0.2) is 30.1 Å². The predicted octanol–water partition coefficient (Wildman–Crippen LogP) is 2.33. The highest BCUT2D eigenvalue weighted by molar-refractivity contribution is 5.84. The lowest BCUT2D eigenvalue weighted by Crippen LogP contribution is -2.21. The molecule has 0 fully saturated rings. The lowest BCUT2D eigenvalue weighted by Gasteiger charge is -2.15. The van der Waals surface area contributed by atoms with Crippen molar-refractivity contribution in [1.29, 1.82) is 0 Å². The molecule has 0 saturated heterocycles. The molecule has 120 valence electrons. The molecule has 0 spiro atoms. The molecular weight excluding hydrogens is 297 g/mol. The number of ether oxygens (including phenoxy) is 2. The van der Waals surface area contributed by atoms with Crippen molar-refractivity contribution in [1.82, 2.24) is 0 Å². The molecule has 1 unspecified atom stereocenters. The molecule has 0 aliphatic carbocycles. The Bertz CT molecular complexity index is 574. The number of rotatable bonds is 7. The second-order valence-electron chi connectivity index (χ2n) is 4.28. The highest BCUT2D eigenvalue weighted by atomic mass is 19.1. The highest BCUT2D eigenvalue weighted by Crippen LogP contribution is 2.28. The third-order valence-corrected chi connectivity index (χ3v) is 2.81. The fourth-order valence-corrected chi connectivity index (χ4v) is 1.86. The van der Waals surface area contributed by atoms with Crippen LogP contribution in [0.25, 0.3) is 0 Å². The molecule has 22 heavy (non-hydrogen) atoms. The van der Waals surface area contributed by atoms with Gasteiger partial charge in [-0.1, -0.05) is 0 Å². The number of carbonyl (C=O) groups excluding carboxylic acids is 2. The zero-order valence-electron chi connectivity index (χ0n) is 12.2. The summed E-state index contributed by atoms with van der Waals surface area (Å²) in [5.41, 5.74) is -0.643. The van der Waals surface area contributed by atoms with Crippen LogP contribution >= 0.6 is 0 Å².